The summed E-state index contributed by atoms with van der Waals surface area (Å²) < 4.78 is 2.31. The van der Waals surface area contributed by atoms with Gasteiger partial charge in [0.2, 0.25) is 0 Å². The quantitative estimate of drug-likeness (QED) is 0.467. The molecule has 0 radical (unpaired) electrons. The molecule has 0 aliphatic carbocycles. The van der Waals surface area contributed by atoms with Crippen molar-refractivity contribution in [2.75, 3.05) is 0 Å². The molecule has 0 aliphatic heterocycles. The minimum absolute atomic E-state index is 0.548. The molecule has 5 aromatic rings. The van der Waals surface area contributed by atoms with Crippen LogP contribution in [0.4, 0.5) is 0 Å². The average molecular weight is 363 g/mol. The second-order valence-electron chi connectivity index (χ2n) is 7.05. The average Bonchev–Trinajstić information content (AvgIpc) is 3.12. The summed E-state index contributed by atoms with van der Waals surface area (Å²) in [5.41, 5.74) is 11.4. The zero-order chi connectivity index (χ0) is 18.9. The van der Waals surface area contributed by atoms with E-state index in [1.54, 1.807) is 0 Å². The number of nitrogens with two attached hydrogens (primary N) is 1. The summed E-state index contributed by atoms with van der Waals surface area (Å²) in [5.74, 6) is 0.984. The van der Waals surface area contributed by atoms with E-state index in [-0.39, 0.29) is 0 Å². The minimum Gasteiger partial charge on any atom is -0.326 e. The monoisotopic (exact) mass is 363 g/mol. The third-order valence-corrected chi connectivity index (χ3v) is 5.31. The summed E-state index contributed by atoms with van der Waals surface area (Å²) >= 11 is 0. The Labute approximate surface area is 164 Å². The van der Waals surface area contributed by atoms with Gasteiger partial charge in [0.15, 0.2) is 0 Å². The van der Waals surface area contributed by atoms with Crippen molar-refractivity contribution in [1.29, 1.82) is 0 Å². The summed E-state index contributed by atoms with van der Waals surface area (Å²) in [5, 5.41) is 2.55. The van der Waals surface area contributed by atoms with Crippen LogP contribution in [0.5, 0.6) is 0 Å². The fraction of sp³-hybridized carbons (Fsp3) is 0.0800. The first-order chi connectivity index (χ1) is 13.8. The van der Waals surface area contributed by atoms with Gasteiger partial charge in [-0.1, -0.05) is 78.9 Å². The van der Waals surface area contributed by atoms with Gasteiger partial charge in [0, 0.05) is 12.1 Å². The van der Waals surface area contributed by atoms with Gasteiger partial charge in [-0.05, 0) is 34.0 Å². The number of hydrogen-bond donors (Lipinski definition) is 1. The highest BCUT2D eigenvalue weighted by atomic mass is 15.1. The normalized spacial score (nSPS) is 11.3. The molecule has 5 rings (SSSR count). The maximum Gasteiger partial charge on any atom is 0.141 e. The molecule has 0 saturated carbocycles. The van der Waals surface area contributed by atoms with Crippen LogP contribution in [0.25, 0.3) is 33.2 Å². The number of para-hydroxylation sites is 2. The molecule has 0 amide bonds. The van der Waals surface area contributed by atoms with Gasteiger partial charge in [-0.25, -0.2) is 4.98 Å². The molecule has 3 nitrogen and oxygen atoms in total. The summed E-state index contributed by atoms with van der Waals surface area (Å²) in [6.07, 6.45) is 0. The molecule has 0 spiro atoms. The van der Waals surface area contributed by atoms with Crippen LogP contribution in [0.3, 0.4) is 0 Å². The molecule has 4 aromatic carbocycles. The SMILES string of the molecule is NCc1ccc(-c2nc3ccccc3n2Cc2cccc3ccccc23)cc1. The second kappa shape index (κ2) is 6.95. The number of fused-ring (bicyclic) bond motifs is 2. The Morgan fingerprint density at radius 3 is 2.36 bits per heavy atom. The Bertz CT molecular complexity index is 1260. The van der Waals surface area contributed by atoms with Crippen molar-refractivity contribution in [3.8, 4) is 11.4 Å². The van der Waals surface area contributed by atoms with Crippen LogP contribution in [0.1, 0.15) is 11.1 Å². The zero-order valence-electron chi connectivity index (χ0n) is 15.5. The van der Waals surface area contributed by atoms with E-state index in [0.29, 0.717) is 6.54 Å². The molecule has 0 saturated heterocycles. The Hall–Kier alpha value is -3.43. The van der Waals surface area contributed by atoms with E-state index in [9.17, 15) is 0 Å². The van der Waals surface area contributed by atoms with Crippen LogP contribution in [-0.2, 0) is 13.1 Å². The summed E-state index contributed by atoms with van der Waals surface area (Å²) in [6.45, 7) is 1.32. The fourth-order valence-electron chi connectivity index (χ4n) is 3.85. The number of nitrogens with zero attached hydrogens (tertiary/aromatic N) is 2. The lowest BCUT2D eigenvalue weighted by atomic mass is 10.0. The maximum atomic E-state index is 5.76. The van der Waals surface area contributed by atoms with Crippen LogP contribution in [-0.4, -0.2) is 9.55 Å². The third kappa shape index (κ3) is 2.86. The number of hydrogen-bond acceptors (Lipinski definition) is 2. The van der Waals surface area contributed by atoms with Gasteiger partial charge in [-0.2, -0.15) is 0 Å². The Morgan fingerprint density at radius 2 is 1.50 bits per heavy atom. The predicted octanol–water partition coefficient (Wildman–Crippen LogP) is 5.36. The van der Waals surface area contributed by atoms with E-state index in [4.69, 9.17) is 10.7 Å². The van der Waals surface area contributed by atoms with E-state index in [0.717, 1.165) is 34.5 Å². The molecular formula is C25H21N3. The van der Waals surface area contributed by atoms with Crippen molar-refractivity contribution >= 4 is 21.8 Å². The standard InChI is InChI=1S/C25H21N3/c26-16-18-12-14-20(15-13-18)25-27-23-10-3-4-11-24(23)28(25)17-21-8-5-7-19-6-1-2-9-22(19)21/h1-15H,16-17,26H2. The zero-order valence-corrected chi connectivity index (χ0v) is 15.5. The first-order valence-corrected chi connectivity index (χ1v) is 9.55. The lowest BCUT2D eigenvalue weighted by molar-refractivity contribution is 0.840. The van der Waals surface area contributed by atoms with Gasteiger partial charge < -0.3 is 10.3 Å². The van der Waals surface area contributed by atoms with Crippen LogP contribution in [0.2, 0.25) is 0 Å². The smallest absolute Gasteiger partial charge is 0.141 e. The topological polar surface area (TPSA) is 43.8 Å². The van der Waals surface area contributed by atoms with Gasteiger partial charge in [-0.3, -0.25) is 0 Å². The minimum atomic E-state index is 0.548. The van der Waals surface area contributed by atoms with Crippen molar-refractivity contribution in [2.24, 2.45) is 5.73 Å². The Morgan fingerprint density at radius 1 is 0.750 bits per heavy atom. The molecule has 1 heterocycles. The van der Waals surface area contributed by atoms with Crippen LogP contribution in [0, 0.1) is 0 Å². The first-order valence-electron chi connectivity index (χ1n) is 9.55. The summed E-state index contributed by atoms with van der Waals surface area (Å²) in [6, 6.07) is 31.8. The highest BCUT2D eigenvalue weighted by molar-refractivity contribution is 5.86. The fourth-order valence-corrected chi connectivity index (χ4v) is 3.85. The summed E-state index contributed by atoms with van der Waals surface area (Å²) in [4.78, 5) is 4.95. The molecule has 0 aliphatic rings. The molecule has 1 aromatic heterocycles. The highest BCUT2D eigenvalue weighted by Crippen LogP contribution is 2.28. The van der Waals surface area contributed by atoms with E-state index >= 15 is 0 Å². The molecule has 2 N–H and O–H groups in total. The van der Waals surface area contributed by atoms with Gasteiger partial charge >= 0.3 is 0 Å². The van der Waals surface area contributed by atoms with Crippen molar-refractivity contribution in [3.05, 3.63) is 102 Å². The number of aromatic nitrogens is 2. The molecule has 28 heavy (non-hydrogen) atoms. The number of rotatable bonds is 4. The molecule has 0 bridgehead atoms. The Kier molecular flexibility index (Phi) is 4.15. The largest absolute Gasteiger partial charge is 0.326 e. The second-order valence-corrected chi connectivity index (χ2v) is 7.05. The van der Waals surface area contributed by atoms with E-state index < -0.39 is 0 Å². The lowest BCUT2D eigenvalue weighted by Gasteiger charge is -2.12. The third-order valence-electron chi connectivity index (χ3n) is 5.31. The highest BCUT2D eigenvalue weighted by Gasteiger charge is 2.14. The predicted molar refractivity (Wildman–Crippen MR) is 116 cm³/mol. The van der Waals surface area contributed by atoms with Crippen LogP contribution < -0.4 is 5.73 Å². The van der Waals surface area contributed by atoms with E-state index in [1.807, 2.05) is 6.07 Å². The Balaban J connectivity index is 1.69. The van der Waals surface area contributed by atoms with Gasteiger partial charge in [0.25, 0.3) is 0 Å². The van der Waals surface area contributed by atoms with Crippen molar-refractivity contribution in [3.63, 3.8) is 0 Å². The van der Waals surface area contributed by atoms with Crippen molar-refractivity contribution in [1.82, 2.24) is 9.55 Å². The van der Waals surface area contributed by atoms with Gasteiger partial charge in [0.1, 0.15) is 5.82 Å². The summed E-state index contributed by atoms with van der Waals surface area (Å²) in [7, 11) is 0. The molecule has 0 unspecified atom stereocenters. The molecule has 136 valence electrons. The van der Waals surface area contributed by atoms with Crippen LogP contribution in [0.15, 0.2) is 91.0 Å². The molecule has 3 heteroatoms. The van der Waals surface area contributed by atoms with E-state index in [1.165, 1.54) is 16.3 Å². The maximum absolute atomic E-state index is 5.76. The van der Waals surface area contributed by atoms with Crippen molar-refractivity contribution in [2.45, 2.75) is 13.1 Å². The molecule has 0 fully saturated rings. The number of benzene rings is 4. The van der Waals surface area contributed by atoms with E-state index in [2.05, 4.69) is 89.5 Å². The first kappa shape index (κ1) is 16.7. The molecular weight excluding hydrogens is 342 g/mol. The van der Waals surface area contributed by atoms with Crippen LogP contribution >= 0.6 is 0 Å². The van der Waals surface area contributed by atoms with Gasteiger partial charge in [-0.15, -0.1) is 0 Å². The van der Waals surface area contributed by atoms with Gasteiger partial charge in [0.05, 0.1) is 17.6 Å². The number of imidazole rings is 1. The molecule has 0 atom stereocenters. The lowest BCUT2D eigenvalue weighted by Crippen LogP contribution is -2.03. The van der Waals surface area contributed by atoms with Crippen molar-refractivity contribution < 1.29 is 0 Å².